The molecule has 1 nitrogen and oxygen atoms in total. The molecule has 0 heterocycles. The third-order valence-corrected chi connectivity index (χ3v) is 5.20. The monoisotopic (exact) mass is 444 g/mol. The van der Waals surface area contributed by atoms with Crippen molar-refractivity contribution in [3.8, 4) is 0 Å². The van der Waals surface area contributed by atoms with E-state index in [1.165, 1.54) is 0 Å². The van der Waals surface area contributed by atoms with Gasteiger partial charge in [-0.25, -0.2) is 0 Å². The second-order valence-electron chi connectivity index (χ2n) is 6.28. The van der Waals surface area contributed by atoms with Crippen LogP contribution in [0.25, 0.3) is 12.2 Å². The first kappa shape index (κ1) is 17.4. The lowest BCUT2D eigenvalue weighted by atomic mass is 9.81. The Labute approximate surface area is 159 Å². The van der Waals surface area contributed by atoms with Crippen LogP contribution in [0.15, 0.2) is 68.6 Å². The molecule has 1 saturated carbocycles. The summed E-state index contributed by atoms with van der Waals surface area (Å²) in [6.45, 7) is 2.21. The average molecular weight is 446 g/mol. The molecule has 1 aliphatic rings. The molecule has 0 aliphatic heterocycles. The molecular weight excluding hydrogens is 428 g/mol. The molecule has 1 fully saturated rings. The number of hydrogen-bond donors (Lipinski definition) is 0. The number of carbonyl (C=O) groups is 1. The number of rotatable bonds is 2. The minimum Gasteiger partial charge on any atom is -0.289 e. The Morgan fingerprint density at radius 1 is 0.792 bits per heavy atom. The predicted molar refractivity (Wildman–Crippen MR) is 108 cm³/mol. The zero-order chi connectivity index (χ0) is 17.1. The molecule has 24 heavy (non-hydrogen) atoms. The molecule has 0 amide bonds. The van der Waals surface area contributed by atoms with Crippen LogP contribution in [0.4, 0.5) is 0 Å². The van der Waals surface area contributed by atoms with Gasteiger partial charge >= 0.3 is 0 Å². The SMILES string of the molecule is CC1CC(=Cc2ccc(Br)cc2)C(=O)C(=Cc2ccc(Br)cc2)C1. The zero-order valence-electron chi connectivity index (χ0n) is 13.4. The van der Waals surface area contributed by atoms with Crippen LogP contribution in [-0.4, -0.2) is 5.78 Å². The molecular formula is C21H18Br2O. The van der Waals surface area contributed by atoms with E-state index in [2.05, 4.69) is 38.8 Å². The van der Waals surface area contributed by atoms with Crippen LogP contribution in [0.5, 0.6) is 0 Å². The van der Waals surface area contributed by atoms with Crippen LogP contribution in [-0.2, 0) is 4.79 Å². The fraction of sp³-hybridized carbons (Fsp3) is 0.190. The van der Waals surface area contributed by atoms with Gasteiger partial charge in [0.05, 0.1) is 0 Å². The zero-order valence-corrected chi connectivity index (χ0v) is 16.6. The van der Waals surface area contributed by atoms with E-state index >= 15 is 0 Å². The van der Waals surface area contributed by atoms with Crippen molar-refractivity contribution in [2.45, 2.75) is 19.8 Å². The lowest BCUT2D eigenvalue weighted by Gasteiger charge is -2.22. The van der Waals surface area contributed by atoms with E-state index in [1.54, 1.807) is 0 Å². The number of hydrogen-bond acceptors (Lipinski definition) is 1. The second-order valence-corrected chi connectivity index (χ2v) is 8.12. The fourth-order valence-corrected chi connectivity index (χ4v) is 3.51. The molecule has 3 rings (SSSR count). The summed E-state index contributed by atoms with van der Waals surface area (Å²) in [6.07, 6.45) is 5.73. The third kappa shape index (κ3) is 4.34. The summed E-state index contributed by atoms with van der Waals surface area (Å²) in [6, 6.07) is 16.1. The van der Waals surface area contributed by atoms with E-state index in [9.17, 15) is 4.79 Å². The van der Waals surface area contributed by atoms with Crippen LogP contribution in [0.3, 0.4) is 0 Å². The normalized spacial score (nSPS) is 21.5. The molecule has 0 bridgehead atoms. The number of allylic oxidation sites excluding steroid dienone is 2. The molecule has 0 spiro atoms. The Morgan fingerprint density at radius 3 is 1.54 bits per heavy atom. The minimum atomic E-state index is 0.180. The largest absolute Gasteiger partial charge is 0.289 e. The van der Waals surface area contributed by atoms with Gasteiger partial charge in [-0.05, 0) is 66.3 Å². The Morgan fingerprint density at radius 2 is 1.17 bits per heavy atom. The number of halogens is 2. The lowest BCUT2D eigenvalue weighted by Crippen LogP contribution is -2.18. The summed E-state index contributed by atoms with van der Waals surface area (Å²) >= 11 is 6.89. The summed E-state index contributed by atoms with van der Waals surface area (Å²) in [5, 5.41) is 0. The maximum Gasteiger partial charge on any atom is 0.185 e. The first-order valence-corrected chi connectivity index (χ1v) is 9.57. The molecule has 3 heteroatoms. The van der Waals surface area contributed by atoms with Gasteiger partial charge in [0.2, 0.25) is 0 Å². The smallest absolute Gasteiger partial charge is 0.185 e. The van der Waals surface area contributed by atoms with Crippen LogP contribution in [0.1, 0.15) is 30.9 Å². The molecule has 0 atom stereocenters. The maximum absolute atomic E-state index is 12.9. The molecule has 0 aromatic heterocycles. The lowest BCUT2D eigenvalue weighted by molar-refractivity contribution is -0.113. The first-order chi connectivity index (χ1) is 11.5. The van der Waals surface area contributed by atoms with Crippen molar-refractivity contribution in [3.63, 3.8) is 0 Å². The highest BCUT2D eigenvalue weighted by atomic mass is 79.9. The molecule has 0 radical (unpaired) electrons. The van der Waals surface area contributed by atoms with Gasteiger partial charge < -0.3 is 0 Å². The van der Waals surface area contributed by atoms with Crippen molar-refractivity contribution in [2.24, 2.45) is 5.92 Å². The van der Waals surface area contributed by atoms with Gasteiger partial charge in [-0.3, -0.25) is 4.79 Å². The van der Waals surface area contributed by atoms with Crippen molar-refractivity contribution in [1.82, 2.24) is 0 Å². The molecule has 1 aliphatic carbocycles. The Hall–Kier alpha value is -1.45. The van der Waals surface area contributed by atoms with Gasteiger partial charge in [-0.2, -0.15) is 0 Å². The standard InChI is InChI=1S/C21H18Br2O/c1-14-10-17(12-15-2-6-19(22)7-3-15)21(24)18(11-14)13-16-4-8-20(23)9-5-16/h2-9,12-14H,10-11H2,1H3. The summed E-state index contributed by atoms with van der Waals surface area (Å²) in [4.78, 5) is 12.9. The Balaban J connectivity index is 1.90. The van der Waals surface area contributed by atoms with Crippen molar-refractivity contribution in [2.75, 3.05) is 0 Å². The van der Waals surface area contributed by atoms with Gasteiger partial charge in [-0.1, -0.05) is 63.0 Å². The number of Topliss-reactive ketones (excluding diaryl/α,β-unsaturated/α-hetero) is 1. The van der Waals surface area contributed by atoms with E-state index in [0.717, 1.165) is 44.1 Å². The molecule has 2 aromatic carbocycles. The van der Waals surface area contributed by atoms with Gasteiger partial charge in [0.15, 0.2) is 5.78 Å². The van der Waals surface area contributed by atoms with Crippen molar-refractivity contribution < 1.29 is 4.79 Å². The van der Waals surface area contributed by atoms with E-state index < -0.39 is 0 Å². The summed E-state index contributed by atoms with van der Waals surface area (Å²) in [5.41, 5.74) is 3.94. The van der Waals surface area contributed by atoms with E-state index in [-0.39, 0.29) is 5.78 Å². The highest BCUT2D eigenvalue weighted by molar-refractivity contribution is 9.10. The molecule has 0 N–H and O–H groups in total. The predicted octanol–water partition coefficient (Wildman–Crippen LogP) is 6.68. The molecule has 122 valence electrons. The number of benzene rings is 2. The van der Waals surface area contributed by atoms with Crippen LogP contribution >= 0.6 is 31.9 Å². The second kappa shape index (κ2) is 7.62. The molecule has 0 saturated heterocycles. The van der Waals surface area contributed by atoms with Gasteiger partial charge in [0.1, 0.15) is 0 Å². The van der Waals surface area contributed by atoms with E-state index in [1.807, 2.05) is 60.7 Å². The quantitative estimate of drug-likeness (QED) is 0.471. The third-order valence-electron chi connectivity index (χ3n) is 4.14. The highest BCUT2D eigenvalue weighted by Crippen LogP contribution is 2.32. The average Bonchev–Trinajstić information content (AvgIpc) is 2.56. The van der Waals surface area contributed by atoms with Crippen molar-refractivity contribution >= 4 is 49.8 Å². The van der Waals surface area contributed by atoms with E-state index in [4.69, 9.17) is 0 Å². The van der Waals surface area contributed by atoms with Gasteiger partial charge in [0.25, 0.3) is 0 Å². The van der Waals surface area contributed by atoms with Crippen molar-refractivity contribution in [3.05, 3.63) is 79.7 Å². The summed E-state index contributed by atoms with van der Waals surface area (Å²) in [5.74, 6) is 0.657. The first-order valence-electron chi connectivity index (χ1n) is 7.98. The van der Waals surface area contributed by atoms with Crippen LogP contribution in [0.2, 0.25) is 0 Å². The van der Waals surface area contributed by atoms with Crippen LogP contribution in [0, 0.1) is 5.92 Å². The number of ketones is 1. The fourth-order valence-electron chi connectivity index (χ4n) is 2.98. The maximum atomic E-state index is 12.9. The van der Waals surface area contributed by atoms with Crippen LogP contribution < -0.4 is 0 Å². The Kier molecular flexibility index (Phi) is 5.52. The van der Waals surface area contributed by atoms with Gasteiger partial charge in [0, 0.05) is 20.1 Å². The molecule has 2 aromatic rings. The summed E-state index contributed by atoms with van der Waals surface area (Å²) < 4.78 is 2.09. The van der Waals surface area contributed by atoms with E-state index in [0.29, 0.717) is 5.92 Å². The van der Waals surface area contributed by atoms with Gasteiger partial charge in [-0.15, -0.1) is 0 Å². The highest BCUT2D eigenvalue weighted by Gasteiger charge is 2.25. The Bertz CT molecular complexity index is 731. The minimum absolute atomic E-state index is 0.180. The van der Waals surface area contributed by atoms with Crippen molar-refractivity contribution in [1.29, 1.82) is 0 Å². The number of carbonyl (C=O) groups excluding carboxylic acids is 1. The molecule has 0 unspecified atom stereocenters. The topological polar surface area (TPSA) is 17.1 Å². The summed E-state index contributed by atoms with van der Waals surface area (Å²) in [7, 11) is 0.